The summed E-state index contributed by atoms with van der Waals surface area (Å²) in [5.74, 6) is 0.124. The van der Waals surface area contributed by atoms with Gasteiger partial charge in [-0.1, -0.05) is 6.07 Å². The topological polar surface area (TPSA) is 62.5 Å². The number of rotatable bonds is 7. The van der Waals surface area contributed by atoms with Crippen molar-refractivity contribution >= 4 is 5.91 Å². The van der Waals surface area contributed by atoms with Crippen molar-refractivity contribution in [2.45, 2.75) is 32.9 Å². The fourth-order valence-corrected chi connectivity index (χ4v) is 2.44. The van der Waals surface area contributed by atoms with E-state index in [0.717, 1.165) is 18.8 Å². The van der Waals surface area contributed by atoms with E-state index in [4.69, 9.17) is 5.73 Å². The third-order valence-corrected chi connectivity index (χ3v) is 3.46. The molecule has 1 amide bonds. The summed E-state index contributed by atoms with van der Waals surface area (Å²) in [6.45, 7) is 7.74. The van der Waals surface area contributed by atoms with Gasteiger partial charge in [-0.15, -0.1) is 0 Å². The van der Waals surface area contributed by atoms with Crippen LogP contribution < -0.4 is 5.73 Å². The van der Waals surface area contributed by atoms with Gasteiger partial charge in [0.05, 0.1) is 18.3 Å². The Balaban J connectivity index is 2.81. The van der Waals surface area contributed by atoms with E-state index >= 15 is 0 Å². The highest BCUT2D eigenvalue weighted by atomic mass is 16.2. The van der Waals surface area contributed by atoms with Gasteiger partial charge in [-0.05, 0) is 40.0 Å². The van der Waals surface area contributed by atoms with Crippen LogP contribution in [0.3, 0.4) is 0 Å². The lowest BCUT2D eigenvalue weighted by Gasteiger charge is -2.31. The second kappa shape index (κ2) is 7.97. The van der Waals surface area contributed by atoms with Gasteiger partial charge in [0.15, 0.2) is 0 Å². The highest BCUT2D eigenvalue weighted by Crippen LogP contribution is 2.19. The van der Waals surface area contributed by atoms with Gasteiger partial charge in [-0.25, -0.2) is 0 Å². The fourth-order valence-electron chi connectivity index (χ4n) is 2.44. The number of aromatic nitrogens is 1. The van der Waals surface area contributed by atoms with E-state index in [1.807, 2.05) is 55.8 Å². The molecule has 0 radical (unpaired) electrons. The Morgan fingerprint density at radius 3 is 2.45 bits per heavy atom. The van der Waals surface area contributed by atoms with Crippen molar-refractivity contribution in [1.29, 1.82) is 0 Å². The first-order chi connectivity index (χ1) is 9.51. The van der Waals surface area contributed by atoms with E-state index < -0.39 is 0 Å². The molecule has 0 aliphatic carbocycles. The summed E-state index contributed by atoms with van der Waals surface area (Å²) in [5.41, 5.74) is 6.98. The Hall–Kier alpha value is -1.46. The Bertz CT molecular complexity index is 404. The number of nitrogens with two attached hydrogens (primary N) is 1. The maximum Gasteiger partial charge on any atom is 0.236 e. The molecule has 1 heterocycles. The SMILES string of the molecule is CCN(CC)C(=O)CN(C)C(c1ccccn1)C(C)N. The van der Waals surface area contributed by atoms with E-state index in [2.05, 4.69) is 4.98 Å². The molecule has 2 atom stereocenters. The minimum Gasteiger partial charge on any atom is -0.342 e. The zero-order chi connectivity index (χ0) is 15.1. The maximum absolute atomic E-state index is 12.2. The molecule has 0 saturated carbocycles. The predicted octanol–water partition coefficient (Wildman–Crippen LogP) is 1.27. The van der Waals surface area contributed by atoms with Crippen molar-refractivity contribution in [2.75, 3.05) is 26.7 Å². The van der Waals surface area contributed by atoms with E-state index in [1.54, 1.807) is 6.20 Å². The van der Waals surface area contributed by atoms with Gasteiger partial charge >= 0.3 is 0 Å². The molecule has 5 nitrogen and oxygen atoms in total. The van der Waals surface area contributed by atoms with Crippen LogP contribution in [0.5, 0.6) is 0 Å². The number of amides is 1. The van der Waals surface area contributed by atoms with Gasteiger partial charge in [0, 0.05) is 25.3 Å². The van der Waals surface area contributed by atoms with Crippen molar-refractivity contribution in [3.8, 4) is 0 Å². The van der Waals surface area contributed by atoms with Crippen LogP contribution in [0.2, 0.25) is 0 Å². The zero-order valence-electron chi connectivity index (χ0n) is 12.9. The first-order valence-corrected chi connectivity index (χ1v) is 7.15. The van der Waals surface area contributed by atoms with Gasteiger partial charge in [0.1, 0.15) is 0 Å². The molecular formula is C15H26N4O. The molecule has 0 fully saturated rings. The lowest BCUT2D eigenvalue weighted by atomic mass is 10.0. The third-order valence-electron chi connectivity index (χ3n) is 3.46. The van der Waals surface area contributed by atoms with Gasteiger partial charge in [0.25, 0.3) is 0 Å². The van der Waals surface area contributed by atoms with Gasteiger partial charge in [0.2, 0.25) is 5.91 Å². The van der Waals surface area contributed by atoms with Crippen molar-refractivity contribution in [3.63, 3.8) is 0 Å². The Labute approximate surface area is 121 Å². The second-order valence-corrected chi connectivity index (χ2v) is 5.04. The lowest BCUT2D eigenvalue weighted by Crippen LogP contribution is -2.44. The average molecular weight is 278 g/mol. The summed E-state index contributed by atoms with van der Waals surface area (Å²) in [6, 6.07) is 5.61. The fraction of sp³-hybridized carbons (Fsp3) is 0.600. The predicted molar refractivity (Wildman–Crippen MR) is 81.2 cm³/mol. The first kappa shape index (κ1) is 16.6. The van der Waals surface area contributed by atoms with Crippen LogP contribution >= 0.6 is 0 Å². The number of nitrogens with zero attached hydrogens (tertiary/aromatic N) is 3. The third kappa shape index (κ3) is 4.28. The summed E-state index contributed by atoms with van der Waals surface area (Å²) in [4.78, 5) is 20.4. The van der Waals surface area contributed by atoms with Crippen LogP contribution in [0, 0.1) is 0 Å². The van der Waals surface area contributed by atoms with Crippen molar-refractivity contribution in [1.82, 2.24) is 14.8 Å². The monoisotopic (exact) mass is 278 g/mol. The largest absolute Gasteiger partial charge is 0.342 e. The Morgan fingerprint density at radius 2 is 2.00 bits per heavy atom. The molecular weight excluding hydrogens is 252 g/mol. The van der Waals surface area contributed by atoms with Crippen LogP contribution in [0.1, 0.15) is 32.5 Å². The molecule has 1 rings (SSSR count). The summed E-state index contributed by atoms with van der Waals surface area (Å²) in [7, 11) is 1.92. The van der Waals surface area contributed by atoms with Crippen LogP contribution in [0.15, 0.2) is 24.4 Å². The molecule has 0 aliphatic rings. The number of carbonyl (C=O) groups is 1. The number of likely N-dealkylation sites (N-methyl/N-ethyl adjacent to an activating group) is 2. The summed E-state index contributed by atoms with van der Waals surface area (Å²) < 4.78 is 0. The van der Waals surface area contributed by atoms with Gasteiger partial charge in [-0.3, -0.25) is 14.7 Å². The molecule has 20 heavy (non-hydrogen) atoms. The van der Waals surface area contributed by atoms with Crippen LogP contribution in [0.25, 0.3) is 0 Å². The van der Waals surface area contributed by atoms with E-state index in [9.17, 15) is 4.79 Å². The molecule has 0 aliphatic heterocycles. The number of pyridine rings is 1. The molecule has 2 unspecified atom stereocenters. The van der Waals surface area contributed by atoms with Crippen LogP contribution in [-0.2, 0) is 4.79 Å². The first-order valence-electron chi connectivity index (χ1n) is 7.15. The normalized spacial score (nSPS) is 14.1. The molecule has 5 heteroatoms. The summed E-state index contributed by atoms with van der Waals surface area (Å²) >= 11 is 0. The lowest BCUT2D eigenvalue weighted by molar-refractivity contribution is -0.132. The molecule has 1 aromatic rings. The zero-order valence-corrected chi connectivity index (χ0v) is 12.9. The molecule has 1 aromatic heterocycles. The molecule has 0 saturated heterocycles. The molecule has 2 N–H and O–H groups in total. The number of hydrogen-bond acceptors (Lipinski definition) is 4. The smallest absolute Gasteiger partial charge is 0.236 e. The highest BCUT2D eigenvalue weighted by molar-refractivity contribution is 5.78. The maximum atomic E-state index is 12.2. The van der Waals surface area contributed by atoms with E-state index in [1.165, 1.54) is 0 Å². The molecule has 112 valence electrons. The van der Waals surface area contributed by atoms with Crippen molar-refractivity contribution in [3.05, 3.63) is 30.1 Å². The van der Waals surface area contributed by atoms with Gasteiger partial charge < -0.3 is 10.6 Å². The minimum absolute atomic E-state index is 0.0595. The summed E-state index contributed by atoms with van der Waals surface area (Å²) in [6.07, 6.45) is 1.75. The Morgan fingerprint density at radius 1 is 1.35 bits per heavy atom. The van der Waals surface area contributed by atoms with Gasteiger partial charge in [-0.2, -0.15) is 0 Å². The molecule has 0 aromatic carbocycles. The van der Waals surface area contributed by atoms with Crippen molar-refractivity contribution in [2.24, 2.45) is 5.73 Å². The molecule has 0 bridgehead atoms. The van der Waals surface area contributed by atoms with E-state index in [0.29, 0.717) is 6.54 Å². The highest BCUT2D eigenvalue weighted by Gasteiger charge is 2.25. The quantitative estimate of drug-likeness (QED) is 0.816. The summed E-state index contributed by atoms with van der Waals surface area (Å²) in [5, 5.41) is 0. The number of hydrogen-bond donors (Lipinski definition) is 1. The number of carbonyl (C=O) groups excluding carboxylic acids is 1. The van der Waals surface area contributed by atoms with Crippen LogP contribution in [-0.4, -0.2) is 53.4 Å². The Kier molecular flexibility index (Phi) is 6.61. The van der Waals surface area contributed by atoms with E-state index in [-0.39, 0.29) is 18.0 Å². The standard InChI is InChI=1S/C15H26N4O/c1-5-19(6-2)14(20)11-18(4)15(12(3)16)13-9-7-8-10-17-13/h7-10,12,15H,5-6,11,16H2,1-4H3. The van der Waals surface area contributed by atoms with Crippen molar-refractivity contribution < 1.29 is 4.79 Å². The van der Waals surface area contributed by atoms with Crippen LogP contribution in [0.4, 0.5) is 0 Å². The minimum atomic E-state index is -0.0978. The second-order valence-electron chi connectivity index (χ2n) is 5.04. The molecule has 0 spiro atoms. The average Bonchev–Trinajstić information content (AvgIpc) is 2.40.